The predicted molar refractivity (Wildman–Crippen MR) is 161 cm³/mol. The number of nitrogens with zero attached hydrogens (tertiary/aromatic N) is 2. The SMILES string of the molecule is c1ccc2nc3c4cc(-c5scc6c5OCCO6)ccc4c4ccc(-c5scc6c5OCCO6)cc4c3nc2c1. The molecule has 40 heavy (non-hydrogen) atoms. The topological polar surface area (TPSA) is 62.7 Å². The van der Waals surface area contributed by atoms with Crippen LogP contribution in [0, 0.1) is 0 Å². The van der Waals surface area contributed by atoms with Crippen molar-refractivity contribution in [2.24, 2.45) is 0 Å². The number of rotatable bonds is 2. The minimum absolute atomic E-state index is 0.558. The van der Waals surface area contributed by atoms with Crippen LogP contribution in [0.3, 0.4) is 0 Å². The van der Waals surface area contributed by atoms with Gasteiger partial charge in [0.15, 0.2) is 23.0 Å². The zero-order chi connectivity index (χ0) is 26.2. The molecule has 0 bridgehead atoms. The van der Waals surface area contributed by atoms with E-state index in [9.17, 15) is 0 Å². The van der Waals surface area contributed by atoms with Gasteiger partial charge in [0.05, 0.1) is 31.8 Å². The molecule has 8 heteroatoms. The number of ether oxygens (including phenoxy) is 4. The minimum Gasteiger partial charge on any atom is -0.485 e. The summed E-state index contributed by atoms with van der Waals surface area (Å²) in [5.41, 5.74) is 5.68. The van der Waals surface area contributed by atoms with Gasteiger partial charge in [-0.2, -0.15) is 0 Å². The molecule has 194 valence electrons. The highest BCUT2D eigenvalue weighted by Gasteiger charge is 2.23. The molecule has 5 heterocycles. The standard InChI is InChI=1S/C32H20N2O4S2/c1-2-4-24-23(3-1)33-27-21-13-17(31-29-25(15-39-31)35-9-11-37-29)5-7-19(21)20-8-6-18(14-22(20)28(27)34-24)32-30-26(16-40-32)36-10-12-38-30/h1-8,13-16H,9-12H2. The van der Waals surface area contributed by atoms with Crippen molar-refractivity contribution in [1.82, 2.24) is 9.97 Å². The van der Waals surface area contributed by atoms with E-state index < -0.39 is 0 Å². The highest BCUT2D eigenvalue weighted by molar-refractivity contribution is 7.14. The molecular formula is C32H20N2O4S2. The Morgan fingerprint density at radius 1 is 0.525 bits per heavy atom. The number of thiophene rings is 2. The van der Waals surface area contributed by atoms with Crippen LogP contribution in [0.5, 0.6) is 23.0 Å². The number of para-hydroxylation sites is 2. The van der Waals surface area contributed by atoms with Gasteiger partial charge in [-0.1, -0.05) is 36.4 Å². The van der Waals surface area contributed by atoms with E-state index in [1.165, 1.54) is 0 Å². The Morgan fingerprint density at radius 3 is 1.50 bits per heavy atom. The Morgan fingerprint density at radius 2 is 1.00 bits per heavy atom. The highest BCUT2D eigenvalue weighted by Crippen LogP contribution is 2.49. The summed E-state index contributed by atoms with van der Waals surface area (Å²) < 4.78 is 23.6. The van der Waals surface area contributed by atoms with E-state index >= 15 is 0 Å². The molecule has 4 aromatic carbocycles. The minimum atomic E-state index is 0.558. The van der Waals surface area contributed by atoms with Gasteiger partial charge in [0.2, 0.25) is 0 Å². The Balaban J connectivity index is 1.34. The van der Waals surface area contributed by atoms with E-state index in [2.05, 4.69) is 36.4 Å². The van der Waals surface area contributed by atoms with Gasteiger partial charge in [0, 0.05) is 21.5 Å². The second kappa shape index (κ2) is 8.55. The number of aromatic nitrogens is 2. The maximum Gasteiger partial charge on any atom is 0.179 e. The lowest BCUT2D eigenvalue weighted by atomic mass is 9.95. The zero-order valence-corrected chi connectivity index (χ0v) is 22.7. The molecule has 0 radical (unpaired) electrons. The maximum absolute atomic E-state index is 6.00. The van der Waals surface area contributed by atoms with Gasteiger partial charge >= 0.3 is 0 Å². The van der Waals surface area contributed by atoms with E-state index in [0.29, 0.717) is 26.4 Å². The first-order chi connectivity index (χ1) is 19.8. The summed E-state index contributed by atoms with van der Waals surface area (Å²) in [7, 11) is 0. The summed E-state index contributed by atoms with van der Waals surface area (Å²) in [6.07, 6.45) is 0. The van der Waals surface area contributed by atoms with Crippen molar-refractivity contribution >= 4 is 66.3 Å². The Labute approximate surface area is 236 Å². The number of hydrogen-bond donors (Lipinski definition) is 0. The second-order valence-electron chi connectivity index (χ2n) is 9.84. The van der Waals surface area contributed by atoms with Crippen molar-refractivity contribution < 1.29 is 18.9 Å². The van der Waals surface area contributed by atoms with Crippen LogP contribution in [0.1, 0.15) is 0 Å². The summed E-state index contributed by atoms with van der Waals surface area (Å²) in [5, 5.41) is 8.46. The summed E-state index contributed by atoms with van der Waals surface area (Å²) in [6.45, 7) is 2.27. The summed E-state index contributed by atoms with van der Waals surface area (Å²) in [6, 6.07) is 21.2. The third kappa shape index (κ3) is 3.26. The molecule has 2 aliphatic rings. The Bertz CT molecular complexity index is 2000. The van der Waals surface area contributed by atoms with Crippen molar-refractivity contribution in [2.75, 3.05) is 26.4 Å². The van der Waals surface area contributed by atoms with Gasteiger partial charge in [-0.15, -0.1) is 22.7 Å². The smallest absolute Gasteiger partial charge is 0.179 e. The van der Waals surface area contributed by atoms with Crippen molar-refractivity contribution in [3.8, 4) is 43.9 Å². The molecule has 0 saturated heterocycles. The summed E-state index contributed by atoms with van der Waals surface area (Å²) in [4.78, 5) is 12.5. The van der Waals surface area contributed by atoms with Crippen LogP contribution in [-0.2, 0) is 0 Å². The van der Waals surface area contributed by atoms with Crippen molar-refractivity contribution in [3.05, 3.63) is 71.4 Å². The molecule has 0 saturated carbocycles. The van der Waals surface area contributed by atoms with E-state index in [4.69, 9.17) is 28.9 Å². The average molecular weight is 561 g/mol. The van der Waals surface area contributed by atoms with Gasteiger partial charge < -0.3 is 18.9 Å². The molecule has 0 N–H and O–H groups in total. The quantitative estimate of drug-likeness (QED) is 0.157. The molecule has 3 aromatic heterocycles. The first-order valence-electron chi connectivity index (χ1n) is 13.1. The maximum atomic E-state index is 6.00. The lowest BCUT2D eigenvalue weighted by molar-refractivity contribution is 0.174. The van der Waals surface area contributed by atoms with Crippen LogP contribution in [0.15, 0.2) is 71.4 Å². The van der Waals surface area contributed by atoms with Crippen molar-refractivity contribution in [1.29, 1.82) is 0 Å². The molecule has 2 aliphatic heterocycles. The van der Waals surface area contributed by atoms with Crippen LogP contribution in [0.2, 0.25) is 0 Å². The third-order valence-corrected chi connectivity index (χ3v) is 9.51. The average Bonchev–Trinajstić information content (AvgIpc) is 3.65. The number of benzene rings is 4. The first kappa shape index (κ1) is 22.4. The molecule has 0 aliphatic carbocycles. The second-order valence-corrected chi connectivity index (χ2v) is 11.6. The number of hydrogen-bond acceptors (Lipinski definition) is 8. The van der Waals surface area contributed by atoms with Gasteiger partial charge in [-0.25, -0.2) is 9.97 Å². The molecule has 6 nitrogen and oxygen atoms in total. The molecule has 7 aromatic rings. The van der Waals surface area contributed by atoms with Crippen molar-refractivity contribution in [3.63, 3.8) is 0 Å². The molecule has 0 amide bonds. The molecular weight excluding hydrogens is 540 g/mol. The Hall–Kier alpha value is -4.40. The highest BCUT2D eigenvalue weighted by atomic mass is 32.1. The largest absolute Gasteiger partial charge is 0.485 e. The van der Waals surface area contributed by atoms with Crippen molar-refractivity contribution in [2.45, 2.75) is 0 Å². The fraction of sp³-hybridized carbons (Fsp3) is 0.125. The first-order valence-corrected chi connectivity index (χ1v) is 14.9. The van der Waals surface area contributed by atoms with Crippen LogP contribution in [0.4, 0.5) is 0 Å². The van der Waals surface area contributed by atoms with E-state index in [0.717, 1.165) is 87.5 Å². The summed E-state index contributed by atoms with van der Waals surface area (Å²) in [5.74, 6) is 3.29. The van der Waals surface area contributed by atoms with Gasteiger partial charge in [0.1, 0.15) is 26.4 Å². The fourth-order valence-corrected chi connectivity index (χ4v) is 7.59. The van der Waals surface area contributed by atoms with Crippen LogP contribution < -0.4 is 18.9 Å². The third-order valence-electron chi connectivity index (χ3n) is 7.54. The van der Waals surface area contributed by atoms with E-state index in [-0.39, 0.29) is 0 Å². The molecule has 0 unspecified atom stereocenters. The summed E-state index contributed by atoms with van der Waals surface area (Å²) >= 11 is 3.29. The van der Waals surface area contributed by atoms with E-state index in [1.54, 1.807) is 22.7 Å². The lowest BCUT2D eigenvalue weighted by Crippen LogP contribution is -2.14. The predicted octanol–water partition coefficient (Wildman–Crippen LogP) is 8.09. The molecule has 0 atom stereocenters. The molecule has 0 spiro atoms. The van der Waals surface area contributed by atoms with Gasteiger partial charge in [-0.05, 0) is 46.2 Å². The van der Waals surface area contributed by atoms with Gasteiger partial charge in [0.25, 0.3) is 0 Å². The fourth-order valence-electron chi connectivity index (χ4n) is 5.73. The van der Waals surface area contributed by atoms with E-state index in [1.807, 2.05) is 35.0 Å². The van der Waals surface area contributed by atoms with Crippen LogP contribution in [0.25, 0.3) is 64.5 Å². The number of fused-ring (bicyclic) bond motifs is 9. The van der Waals surface area contributed by atoms with Gasteiger partial charge in [-0.3, -0.25) is 0 Å². The normalized spacial score (nSPS) is 14.4. The molecule has 0 fully saturated rings. The monoisotopic (exact) mass is 560 g/mol. The molecule has 9 rings (SSSR count). The van der Waals surface area contributed by atoms with Crippen LogP contribution >= 0.6 is 22.7 Å². The Kier molecular flexibility index (Phi) is 4.79. The van der Waals surface area contributed by atoms with Crippen LogP contribution in [-0.4, -0.2) is 36.4 Å². The lowest BCUT2D eigenvalue weighted by Gasteiger charge is -2.17. The zero-order valence-electron chi connectivity index (χ0n) is 21.1.